The smallest absolute Gasteiger partial charge is 0.0935 e. The maximum Gasteiger partial charge on any atom is 0.0935 e. The number of aromatic amines is 1. The molecule has 0 radical (unpaired) electrons. The van der Waals surface area contributed by atoms with Crippen LogP contribution >= 0.6 is 27.5 Å². The van der Waals surface area contributed by atoms with Gasteiger partial charge in [0.25, 0.3) is 0 Å². The van der Waals surface area contributed by atoms with E-state index in [-0.39, 0.29) is 0 Å². The fourth-order valence-corrected chi connectivity index (χ4v) is 1.87. The average molecular weight is 272 g/mol. The second-order valence-corrected chi connectivity index (χ2v) is 4.35. The van der Waals surface area contributed by atoms with E-state index < -0.39 is 0 Å². The van der Waals surface area contributed by atoms with Crippen LogP contribution in [0, 0.1) is 6.92 Å². The molecule has 1 heterocycles. The number of aromatic nitrogens is 2. The quantitative estimate of drug-likeness (QED) is 0.839. The first-order chi connectivity index (χ1) is 6.66. The number of hydrogen-bond acceptors (Lipinski definition) is 1. The number of halogens is 2. The largest absolute Gasteiger partial charge is 0.282 e. The van der Waals surface area contributed by atoms with Gasteiger partial charge in [-0.3, -0.25) is 5.10 Å². The fraction of sp³-hybridized carbons (Fsp3) is 0.100. The van der Waals surface area contributed by atoms with Crippen molar-refractivity contribution in [3.05, 3.63) is 39.5 Å². The van der Waals surface area contributed by atoms with E-state index in [1.165, 1.54) is 0 Å². The molecule has 2 aromatic rings. The molecule has 4 heteroatoms. The molecule has 0 aliphatic carbocycles. The number of aryl methyl sites for hydroxylation is 1. The summed E-state index contributed by atoms with van der Waals surface area (Å²) in [5, 5.41) is 7.79. The Hall–Kier alpha value is -0.800. The van der Waals surface area contributed by atoms with Crippen LogP contribution in [0.4, 0.5) is 0 Å². The number of hydrogen-bond donors (Lipinski definition) is 1. The number of benzene rings is 1. The summed E-state index contributed by atoms with van der Waals surface area (Å²) in [6.07, 6.45) is 0. The topological polar surface area (TPSA) is 28.7 Å². The molecule has 0 bridgehead atoms. The zero-order chi connectivity index (χ0) is 10.1. The Morgan fingerprint density at radius 1 is 1.36 bits per heavy atom. The predicted molar refractivity (Wildman–Crippen MR) is 61.5 cm³/mol. The van der Waals surface area contributed by atoms with Gasteiger partial charge in [0.05, 0.1) is 5.69 Å². The third kappa shape index (κ3) is 1.83. The van der Waals surface area contributed by atoms with Gasteiger partial charge in [-0.05, 0) is 31.2 Å². The summed E-state index contributed by atoms with van der Waals surface area (Å²) in [7, 11) is 0. The Balaban J connectivity index is 2.55. The summed E-state index contributed by atoms with van der Waals surface area (Å²) in [6, 6.07) is 7.63. The van der Waals surface area contributed by atoms with Crippen molar-refractivity contribution in [1.29, 1.82) is 0 Å². The van der Waals surface area contributed by atoms with E-state index in [1.54, 1.807) is 0 Å². The summed E-state index contributed by atoms with van der Waals surface area (Å²) in [4.78, 5) is 0. The van der Waals surface area contributed by atoms with Gasteiger partial charge in [0.1, 0.15) is 0 Å². The first-order valence-electron chi connectivity index (χ1n) is 4.14. The zero-order valence-electron chi connectivity index (χ0n) is 7.51. The molecule has 0 saturated heterocycles. The number of nitrogens with one attached hydrogen (secondary N) is 1. The molecule has 1 aromatic heterocycles. The minimum absolute atomic E-state index is 0.712. The lowest BCUT2D eigenvalue weighted by Gasteiger charge is -2.00. The number of rotatable bonds is 1. The molecule has 0 unspecified atom stereocenters. The van der Waals surface area contributed by atoms with Crippen molar-refractivity contribution in [3.63, 3.8) is 0 Å². The molecular weight excluding hydrogens is 263 g/mol. The van der Waals surface area contributed by atoms with E-state index in [4.69, 9.17) is 11.6 Å². The molecule has 0 fully saturated rings. The van der Waals surface area contributed by atoms with Gasteiger partial charge in [-0.15, -0.1) is 0 Å². The van der Waals surface area contributed by atoms with Gasteiger partial charge in [-0.2, -0.15) is 5.10 Å². The third-order valence-electron chi connectivity index (χ3n) is 1.91. The molecule has 72 valence electrons. The summed E-state index contributed by atoms with van der Waals surface area (Å²) in [5.41, 5.74) is 2.94. The number of nitrogens with zero attached hydrogens (tertiary/aromatic N) is 1. The highest BCUT2D eigenvalue weighted by Gasteiger charge is 2.06. The summed E-state index contributed by atoms with van der Waals surface area (Å²) in [6.45, 7) is 1.97. The predicted octanol–water partition coefficient (Wildman–Crippen LogP) is 3.80. The lowest BCUT2D eigenvalue weighted by Crippen LogP contribution is -1.80. The van der Waals surface area contributed by atoms with Crippen LogP contribution in [0.1, 0.15) is 5.69 Å². The van der Waals surface area contributed by atoms with Gasteiger partial charge in [0, 0.05) is 20.8 Å². The van der Waals surface area contributed by atoms with Crippen LogP contribution < -0.4 is 0 Å². The van der Waals surface area contributed by atoms with Crippen molar-refractivity contribution >= 4 is 27.5 Å². The SMILES string of the molecule is Cc1cc(-c2cc(Cl)ccc2Br)n[nH]1. The molecule has 0 aliphatic heterocycles. The summed E-state index contributed by atoms with van der Waals surface area (Å²) < 4.78 is 0.994. The van der Waals surface area contributed by atoms with Crippen molar-refractivity contribution in [2.24, 2.45) is 0 Å². The molecule has 1 N–H and O–H groups in total. The van der Waals surface area contributed by atoms with Gasteiger partial charge in [0.2, 0.25) is 0 Å². The van der Waals surface area contributed by atoms with Gasteiger partial charge >= 0.3 is 0 Å². The van der Waals surface area contributed by atoms with Crippen molar-refractivity contribution in [3.8, 4) is 11.3 Å². The molecule has 0 atom stereocenters. The van der Waals surface area contributed by atoms with E-state index in [9.17, 15) is 0 Å². The maximum atomic E-state index is 5.91. The van der Waals surface area contributed by atoms with Crippen LogP contribution in [0.15, 0.2) is 28.7 Å². The van der Waals surface area contributed by atoms with Crippen LogP contribution in [0.25, 0.3) is 11.3 Å². The van der Waals surface area contributed by atoms with Crippen molar-refractivity contribution in [1.82, 2.24) is 10.2 Å². The molecule has 1 aromatic carbocycles. The Labute approximate surface area is 95.4 Å². The Bertz CT molecular complexity index is 465. The van der Waals surface area contributed by atoms with Crippen molar-refractivity contribution < 1.29 is 0 Å². The van der Waals surface area contributed by atoms with E-state index >= 15 is 0 Å². The second kappa shape index (κ2) is 3.75. The van der Waals surface area contributed by atoms with E-state index in [0.29, 0.717) is 5.02 Å². The Morgan fingerprint density at radius 3 is 2.79 bits per heavy atom. The van der Waals surface area contributed by atoms with Gasteiger partial charge in [0.15, 0.2) is 0 Å². The lowest BCUT2D eigenvalue weighted by atomic mass is 10.1. The van der Waals surface area contributed by atoms with Gasteiger partial charge < -0.3 is 0 Å². The van der Waals surface area contributed by atoms with E-state index in [2.05, 4.69) is 26.1 Å². The Morgan fingerprint density at radius 2 is 2.14 bits per heavy atom. The molecule has 2 nitrogen and oxygen atoms in total. The lowest BCUT2D eigenvalue weighted by molar-refractivity contribution is 1.05. The highest BCUT2D eigenvalue weighted by Crippen LogP contribution is 2.29. The van der Waals surface area contributed by atoms with Crippen LogP contribution in [0.3, 0.4) is 0 Å². The van der Waals surface area contributed by atoms with Crippen LogP contribution in [-0.2, 0) is 0 Å². The standard InChI is InChI=1S/C10H8BrClN2/c1-6-4-10(14-13-6)8-5-7(12)2-3-9(8)11/h2-5H,1H3,(H,13,14). The summed E-state index contributed by atoms with van der Waals surface area (Å²) in [5.74, 6) is 0. The fourth-order valence-electron chi connectivity index (χ4n) is 1.25. The molecule has 14 heavy (non-hydrogen) atoms. The van der Waals surface area contributed by atoms with Gasteiger partial charge in [-0.1, -0.05) is 27.5 Å². The maximum absolute atomic E-state index is 5.91. The van der Waals surface area contributed by atoms with Crippen molar-refractivity contribution in [2.75, 3.05) is 0 Å². The normalized spacial score (nSPS) is 10.5. The van der Waals surface area contributed by atoms with Crippen LogP contribution in [0.2, 0.25) is 5.02 Å². The molecule has 0 amide bonds. The monoisotopic (exact) mass is 270 g/mol. The molecule has 2 rings (SSSR count). The molecular formula is C10H8BrClN2. The van der Waals surface area contributed by atoms with Gasteiger partial charge in [-0.25, -0.2) is 0 Å². The second-order valence-electron chi connectivity index (χ2n) is 3.06. The highest BCUT2D eigenvalue weighted by molar-refractivity contribution is 9.10. The summed E-state index contributed by atoms with van der Waals surface area (Å²) >= 11 is 9.38. The highest BCUT2D eigenvalue weighted by atomic mass is 79.9. The first-order valence-corrected chi connectivity index (χ1v) is 5.31. The molecule has 0 saturated carbocycles. The minimum atomic E-state index is 0.712. The van der Waals surface area contributed by atoms with E-state index in [1.807, 2.05) is 31.2 Å². The Kier molecular flexibility index (Phi) is 2.61. The minimum Gasteiger partial charge on any atom is -0.282 e. The third-order valence-corrected chi connectivity index (χ3v) is 2.84. The molecule has 0 spiro atoms. The first kappa shape index (κ1) is 9.74. The molecule has 0 aliphatic rings. The van der Waals surface area contributed by atoms with E-state index in [0.717, 1.165) is 21.4 Å². The van der Waals surface area contributed by atoms with Crippen molar-refractivity contribution in [2.45, 2.75) is 6.92 Å². The average Bonchev–Trinajstić information content (AvgIpc) is 2.56. The van der Waals surface area contributed by atoms with Crippen LogP contribution in [0.5, 0.6) is 0 Å². The van der Waals surface area contributed by atoms with Crippen LogP contribution in [-0.4, -0.2) is 10.2 Å². The number of H-pyrrole nitrogens is 1. The zero-order valence-corrected chi connectivity index (χ0v) is 9.85.